The Balaban J connectivity index is 1.81. The summed E-state index contributed by atoms with van der Waals surface area (Å²) in [5, 5.41) is 6.74. The lowest BCUT2D eigenvalue weighted by molar-refractivity contribution is 0.602. The van der Waals surface area contributed by atoms with Crippen molar-refractivity contribution in [2.24, 2.45) is 0 Å². The van der Waals surface area contributed by atoms with Gasteiger partial charge >= 0.3 is 0 Å². The molecule has 0 radical (unpaired) electrons. The van der Waals surface area contributed by atoms with Crippen LogP contribution in [0, 0.1) is 0 Å². The normalized spacial score (nSPS) is 17.9. The summed E-state index contributed by atoms with van der Waals surface area (Å²) in [4.78, 5) is 2.70. The molecule has 1 atom stereocenters. The SMILES string of the molecule is CNC1CCN(c2ccccc2Nc2ccc(S(C)(=O)=O)cc2)C1. The van der Waals surface area contributed by atoms with Crippen molar-refractivity contribution in [3.05, 3.63) is 48.5 Å². The van der Waals surface area contributed by atoms with Crippen LogP contribution in [0.25, 0.3) is 0 Å². The van der Waals surface area contributed by atoms with Gasteiger partial charge in [-0.25, -0.2) is 8.42 Å². The van der Waals surface area contributed by atoms with Crippen molar-refractivity contribution in [1.82, 2.24) is 5.32 Å². The molecule has 0 aliphatic carbocycles. The first-order chi connectivity index (χ1) is 11.5. The van der Waals surface area contributed by atoms with E-state index in [9.17, 15) is 8.42 Å². The third kappa shape index (κ3) is 3.71. The van der Waals surface area contributed by atoms with E-state index in [0.717, 1.165) is 30.9 Å². The van der Waals surface area contributed by atoms with Gasteiger partial charge in [-0.2, -0.15) is 0 Å². The average Bonchev–Trinajstić information content (AvgIpc) is 3.04. The summed E-state index contributed by atoms with van der Waals surface area (Å²) in [6.07, 6.45) is 2.35. The zero-order valence-electron chi connectivity index (χ0n) is 14.0. The van der Waals surface area contributed by atoms with E-state index in [1.807, 2.05) is 25.2 Å². The number of nitrogens with zero attached hydrogens (tertiary/aromatic N) is 1. The highest BCUT2D eigenvalue weighted by atomic mass is 32.2. The molecule has 0 amide bonds. The Morgan fingerprint density at radius 3 is 2.42 bits per heavy atom. The minimum Gasteiger partial charge on any atom is -0.368 e. The van der Waals surface area contributed by atoms with E-state index >= 15 is 0 Å². The Hall–Kier alpha value is -2.05. The largest absolute Gasteiger partial charge is 0.368 e. The molecule has 0 saturated carbocycles. The highest BCUT2D eigenvalue weighted by Gasteiger charge is 2.22. The van der Waals surface area contributed by atoms with Crippen LogP contribution < -0.4 is 15.5 Å². The summed E-state index contributed by atoms with van der Waals surface area (Å²) in [7, 11) is -1.16. The number of sulfone groups is 1. The third-order valence-corrected chi connectivity index (χ3v) is 5.53. The summed E-state index contributed by atoms with van der Waals surface area (Å²) in [6, 6.07) is 15.6. The van der Waals surface area contributed by atoms with E-state index in [1.165, 1.54) is 11.9 Å². The van der Waals surface area contributed by atoms with E-state index < -0.39 is 9.84 Å². The Morgan fingerprint density at radius 2 is 1.79 bits per heavy atom. The van der Waals surface area contributed by atoms with Crippen LogP contribution in [0.2, 0.25) is 0 Å². The Labute approximate surface area is 143 Å². The maximum absolute atomic E-state index is 11.6. The Kier molecular flexibility index (Phi) is 4.78. The standard InChI is InChI=1S/C18H23N3O2S/c1-19-15-11-12-21(13-15)18-6-4-3-5-17(18)20-14-7-9-16(10-8-14)24(2,22)23/h3-10,15,19-20H,11-13H2,1-2H3. The molecule has 1 fully saturated rings. The monoisotopic (exact) mass is 345 g/mol. The minimum atomic E-state index is -3.17. The molecular weight excluding hydrogens is 322 g/mol. The van der Waals surface area contributed by atoms with E-state index in [2.05, 4.69) is 21.6 Å². The van der Waals surface area contributed by atoms with Gasteiger partial charge in [-0.05, 0) is 49.9 Å². The molecule has 1 aliphatic heterocycles. The lowest BCUT2D eigenvalue weighted by Crippen LogP contribution is -2.29. The van der Waals surface area contributed by atoms with Crippen LogP contribution in [0.15, 0.2) is 53.4 Å². The topological polar surface area (TPSA) is 61.4 Å². The van der Waals surface area contributed by atoms with E-state index in [-0.39, 0.29) is 0 Å². The molecule has 1 saturated heterocycles. The lowest BCUT2D eigenvalue weighted by atomic mass is 10.2. The van der Waals surface area contributed by atoms with Crippen LogP contribution >= 0.6 is 0 Å². The van der Waals surface area contributed by atoms with Crippen molar-refractivity contribution in [2.45, 2.75) is 17.4 Å². The molecule has 128 valence electrons. The number of nitrogens with one attached hydrogen (secondary N) is 2. The van der Waals surface area contributed by atoms with Crippen LogP contribution in [-0.4, -0.2) is 40.9 Å². The van der Waals surface area contributed by atoms with Gasteiger partial charge in [0.25, 0.3) is 0 Å². The maximum Gasteiger partial charge on any atom is 0.175 e. The van der Waals surface area contributed by atoms with Gasteiger partial charge in [-0.1, -0.05) is 12.1 Å². The van der Waals surface area contributed by atoms with E-state index in [1.54, 1.807) is 24.3 Å². The van der Waals surface area contributed by atoms with Crippen molar-refractivity contribution >= 4 is 26.9 Å². The van der Waals surface area contributed by atoms with Gasteiger partial charge in [-0.3, -0.25) is 0 Å². The van der Waals surface area contributed by atoms with Gasteiger partial charge in [0.1, 0.15) is 0 Å². The fourth-order valence-electron chi connectivity index (χ4n) is 3.01. The molecule has 1 unspecified atom stereocenters. The molecule has 1 heterocycles. The molecule has 0 bridgehead atoms. The Morgan fingerprint density at radius 1 is 1.08 bits per heavy atom. The van der Waals surface area contributed by atoms with Gasteiger partial charge in [0.05, 0.1) is 16.3 Å². The Bertz CT molecular complexity index is 803. The second kappa shape index (κ2) is 6.83. The fraction of sp³-hybridized carbons (Fsp3) is 0.333. The van der Waals surface area contributed by atoms with Crippen molar-refractivity contribution in [3.8, 4) is 0 Å². The summed E-state index contributed by atoms with van der Waals surface area (Å²) < 4.78 is 23.1. The molecule has 24 heavy (non-hydrogen) atoms. The van der Waals surface area contributed by atoms with Crippen molar-refractivity contribution in [3.63, 3.8) is 0 Å². The van der Waals surface area contributed by atoms with Gasteiger partial charge in [0.2, 0.25) is 0 Å². The summed E-state index contributed by atoms with van der Waals surface area (Å²) in [5.41, 5.74) is 3.07. The molecule has 0 spiro atoms. The first-order valence-electron chi connectivity index (χ1n) is 8.06. The van der Waals surface area contributed by atoms with Gasteiger partial charge < -0.3 is 15.5 Å². The van der Waals surface area contributed by atoms with Crippen molar-refractivity contribution in [1.29, 1.82) is 0 Å². The molecule has 3 rings (SSSR count). The molecule has 2 N–H and O–H groups in total. The summed E-state index contributed by atoms with van der Waals surface area (Å²) >= 11 is 0. The highest BCUT2D eigenvalue weighted by molar-refractivity contribution is 7.90. The number of para-hydroxylation sites is 2. The van der Waals surface area contributed by atoms with Crippen LogP contribution in [0.1, 0.15) is 6.42 Å². The first kappa shape index (κ1) is 16.8. The van der Waals surface area contributed by atoms with Crippen LogP contribution in [0.4, 0.5) is 17.1 Å². The molecule has 0 aromatic heterocycles. The molecule has 1 aliphatic rings. The summed E-state index contributed by atoms with van der Waals surface area (Å²) in [5.74, 6) is 0. The predicted molar refractivity (Wildman–Crippen MR) is 99.0 cm³/mol. The zero-order valence-corrected chi connectivity index (χ0v) is 14.8. The molecule has 2 aromatic rings. The number of hydrogen-bond acceptors (Lipinski definition) is 5. The van der Waals surface area contributed by atoms with Crippen molar-refractivity contribution in [2.75, 3.05) is 36.6 Å². The number of rotatable bonds is 5. The minimum absolute atomic E-state index is 0.331. The predicted octanol–water partition coefficient (Wildman–Crippen LogP) is 2.63. The smallest absolute Gasteiger partial charge is 0.175 e. The maximum atomic E-state index is 11.6. The number of benzene rings is 2. The van der Waals surface area contributed by atoms with Crippen LogP contribution in [0.3, 0.4) is 0 Å². The van der Waals surface area contributed by atoms with Gasteiger partial charge in [0.15, 0.2) is 9.84 Å². The molecule has 2 aromatic carbocycles. The number of anilines is 3. The zero-order chi connectivity index (χ0) is 17.2. The fourth-order valence-corrected chi connectivity index (χ4v) is 3.64. The van der Waals surface area contributed by atoms with Crippen LogP contribution in [0.5, 0.6) is 0 Å². The summed E-state index contributed by atoms with van der Waals surface area (Å²) in [6.45, 7) is 2.01. The van der Waals surface area contributed by atoms with Crippen molar-refractivity contribution < 1.29 is 8.42 Å². The highest BCUT2D eigenvalue weighted by Crippen LogP contribution is 2.31. The third-order valence-electron chi connectivity index (χ3n) is 4.40. The molecule has 5 nitrogen and oxygen atoms in total. The van der Waals surface area contributed by atoms with E-state index in [4.69, 9.17) is 0 Å². The second-order valence-electron chi connectivity index (χ2n) is 6.16. The van der Waals surface area contributed by atoms with Crippen LogP contribution in [-0.2, 0) is 9.84 Å². The lowest BCUT2D eigenvalue weighted by Gasteiger charge is -2.22. The quantitative estimate of drug-likeness (QED) is 0.872. The molecule has 6 heteroatoms. The number of likely N-dealkylation sites (N-methyl/N-ethyl adjacent to an activating group) is 1. The number of hydrogen-bond donors (Lipinski definition) is 2. The van der Waals surface area contributed by atoms with Gasteiger partial charge in [-0.15, -0.1) is 0 Å². The molecular formula is C18H23N3O2S. The second-order valence-corrected chi connectivity index (χ2v) is 8.17. The first-order valence-corrected chi connectivity index (χ1v) is 9.95. The van der Waals surface area contributed by atoms with E-state index in [0.29, 0.717) is 10.9 Å². The average molecular weight is 345 g/mol. The van der Waals surface area contributed by atoms with Gasteiger partial charge in [0, 0.05) is 31.1 Å².